The average molecular weight is 295 g/mol. The molecule has 0 aliphatic carbocycles. The molecule has 2 aromatic rings. The summed E-state index contributed by atoms with van der Waals surface area (Å²) < 4.78 is 0. The van der Waals surface area contributed by atoms with Gasteiger partial charge < -0.3 is 5.11 Å². The van der Waals surface area contributed by atoms with Gasteiger partial charge in [0, 0.05) is 6.04 Å². The molecule has 2 nitrogen and oxygen atoms in total. The Labute approximate surface area is 133 Å². The molecule has 0 bridgehead atoms. The van der Waals surface area contributed by atoms with Crippen LogP contribution in [-0.2, 0) is 5.41 Å². The highest BCUT2D eigenvalue weighted by molar-refractivity contribution is 5.45. The van der Waals surface area contributed by atoms with Crippen molar-refractivity contribution in [3.8, 4) is 0 Å². The molecular weight excluding hydrogens is 270 g/mol. The molecule has 1 saturated heterocycles. The number of rotatable bonds is 3. The summed E-state index contributed by atoms with van der Waals surface area (Å²) in [5.74, 6) is 0. The van der Waals surface area contributed by atoms with Gasteiger partial charge >= 0.3 is 0 Å². The van der Waals surface area contributed by atoms with Gasteiger partial charge in [-0.25, -0.2) is 0 Å². The molecule has 116 valence electrons. The smallest absolute Gasteiger partial charge is 0.132 e. The van der Waals surface area contributed by atoms with Crippen LogP contribution in [0.5, 0.6) is 0 Å². The SMILES string of the molecule is CCC1(O)N(C)C(C)CC1(c1ccccc1)c1ccccc1. The summed E-state index contributed by atoms with van der Waals surface area (Å²) in [4.78, 5) is 2.15. The summed E-state index contributed by atoms with van der Waals surface area (Å²) >= 11 is 0. The highest BCUT2D eigenvalue weighted by Crippen LogP contribution is 2.53. The lowest BCUT2D eigenvalue weighted by Gasteiger charge is -2.45. The van der Waals surface area contributed by atoms with E-state index in [0.717, 1.165) is 6.42 Å². The third-order valence-electron chi connectivity index (χ3n) is 5.56. The van der Waals surface area contributed by atoms with Crippen molar-refractivity contribution in [3.05, 3.63) is 71.8 Å². The van der Waals surface area contributed by atoms with E-state index >= 15 is 0 Å². The maximum atomic E-state index is 11.7. The van der Waals surface area contributed by atoms with E-state index in [0.29, 0.717) is 12.5 Å². The van der Waals surface area contributed by atoms with Gasteiger partial charge in [-0.2, -0.15) is 0 Å². The predicted octanol–water partition coefficient (Wildman–Crippen LogP) is 3.80. The van der Waals surface area contributed by atoms with Crippen LogP contribution in [0.2, 0.25) is 0 Å². The first kappa shape index (κ1) is 15.3. The quantitative estimate of drug-likeness (QED) is 0.931. The first-order chi connectivity index (χ1) is 10.6. The van der Waals surface area contributed by atoms with Gasteiger partial charge in [-0.1, -0.05) is 67.6 Å². The zero-order valence-electron chi connectivity index (χ0n) is 13.7. The second-order valence-corrected chi connectivity index (χ2v) is 6.47. The maximum Gasteiger partial charge on any atom is 0.132 e. The van der Waals surface area contributed by atoms with Crippen LogP contribution in [0.15, 0.2) is 60.7 Å². The summed E-state index contributed by atoms with van der Waals surface area (Å²) in [5.41, 5.74) is 1.12. The van der Waals surface area contributed by atoms with E-state index in [1.54, 1.807) is 0 Å². The van der Waals surface area contributed by atoms with Crippen molar-refractivity contribution in [1.29, 1.82) is 0 Å². The maximum absolute atomic E-state index is 11.7. The lowest BCUT2D eigenvalue weighted by atomic mass is 9.65. The Balaban J connectivity index is 2.30. The van der Waals surface area contributed by atoms with E-state index in [-0.39, 0.29) is 0 Å². The molecule has 1 aliphatic heterocycles. The zero-order chi connectivity index (χ0) is 15.8. The molecule has 2 atom stereocenters. The number of aliphatic hydroxyl groups is 1. The number of hydrogen-bond acceptors (Lipinski definition) is 2. The van der Waals surface area contributed by atoms with Crippen molar-refractivity contribution >= 4 is 0 Å². The number of nitrogens with zero attached hydrogens (tertiary/aromatic N) is 1. The standard InChI is InChI=1S/C20H25NO/c1-4-20(22)19(15-16(2)21(20)3,17-11-7-5-8-12-17)18-13-9-6-10-14-18/h5-14,16,22H,4,15H2,1-3H3. The number of benzene rings is 2. The van der Waals surface area contributed by atoms with Crippen LogP contribution in [0.4, 0.5) is 0 Å². The Hall–Kier alpha value is -1.64. The molecule has 2 unspecified atom stereocenters. The minimum absolute atomic E-state index is 0.324. The van der Waals surface area contributed by atoms with Gasteiger partial charge in [0.1, 0.15) is 5.72 Å². The minimum atomic E-state index is -0.880. The molecule has 2 heteroatoms. The van der Waals surface area contributed by atoms with E-state index in [1.165, 1.54) is 11.1 Å². The number of hydrogen-bond donors (Lipinski definition) is 1. The Morgan fingerprint density at radius 1 is 1.00 bits per heavy atom. The topological polar surface area (TPSA) is 23.5 Å². The highest BCUT2D eigenvalue weighted by atomic mass is 16.3. The third kappa shape index (κ3) is 1.94. The highest BCUT2D eigenvalue weighted by Gasteiger charge is 2.60. The predicted molar refractivity (Wildman–Crippen MR) is 90.7 cm³/mol. The van der Waals surface area contributed by atoms with Crippen LogP contribution in [0.3, 0.4) is 0 Å². The summed E-state index contributed by atoms with van der Waals surface area (Å²) in [6.07, 6.45) is 1.61. The molecule has 3 rings (SSSR count). The monoisotopic (exact) mass is 295 g/mol. The van der Waals surface area contributed by atoms with Crippen molar-refractivity contribution in [1.82, 2.24) is 4.90 Å². The summed E-state index contributed by atoms with van der Waals surface area (Å²) in [6.45, 7) is 4.28. The first-order valence-electron chi connectivity index (χ1n) is 8.12. The zero-order valence-corrected chi connectivity index (χ0v) is 13.7. The lowest BCUT2D eigenvalue weighted by molar-refractivity contribution is -0.113. The Morgan fingerprint density at radius 2 is 1.45 bits per heavy atom. The molecular formula is C20H25NO. The molecule has 0 spiro atoms. The normalized spacial score (nSPS) is 27.9. The number of likely N-dealkylation sites (tertiary alicyclic amines) is 1. The first-order valence-corrected chi connectivity index (χ1v) is 8.12. The Kier molecular flexibility index (Phi) is 3.84. The van der Waals surface area contributed by atoms with E-state index in [9.17, 15) is 5.11 Å². The van der Waals surface area contributed by atoms with Gasteiger partial charge in [0.05, 0.1) is 5.41 Å². The van der Waals surface area contributed by atoms with Crippen LogP contribution < -0.4 is 0 Å². The van der Waals surface area contributed by atoms with Crippen molar-refractivity contribution in [3.63, 3.8) is 0 Å². The van der Waals surface area contributed by atoms with E-state index in [2.05, 4.69) is 67.3 Å². The van der Waals surface area contributed by atoms with Crippen LogP contribution in [0.1, 0.15) is 37.8 Å². The molecule has 1 aliphatic rings. The second-order valence-electron chi connectivity index (χ2n) is 6.47. The molecule has 0 aromatic heterocycles. The molecule has 1 N–H and O–H groups in total. The van der Waals surface area contributed by atoms with Gasteiger partial charge in [-0.15, -0.1) is 0 Å². The average Bonchev–Trinajstić information content (AvgIpc) is 2.79. The second kappa shape index (κ2) is 5.53. The molecule has 0 radical (unpaired) electrons. The summed E-state index contributed by atoms with van der Waals surface area (Å²) in [7, 11) is 2.04. The van der Waals surface area contributed by atoms with Gasteiger partial charge in [0.15, 0.2) is 0 Å². The summed E-state index contributed by atoms with van der Waals surface area (Å²) in [6, 6.07) is 21.3. The Bertz CT molecular complexity index is 585. The van der Waals surface area contributed by atoms with E-state index in [1.807, 2.05) is 19.2 Å². The van der Waals surface area contributed by atoms with Crippen molar-refractivity contribution in [2.24, 2.45) is 0 Å². The fourth-order valence-electron chi connectivity index (χ4n) is 4.27. The fraction of sp³-hybridized carbons (Fsp3) is 0.400. The van der Waals surface area contributed by atoms with Crippen molar-refractivity contribution in [2.75, 3.05) is 7.05 Å². The van der Waals surface area contributed by atoms with Gasteiger partial charge in [0.25, 0.3) is 0 Å². The summed E-state index contributed by atoms with van der Waals surface area (Å²) in [5, 5.41) is 11.7. The Morgan fingerprint density at radius 3 is 1.86 bits per heavy atom. The molecule has 2 aromatic carbocycles. The van der Waals surface area contributed by atoms with Gasteiger partial charge in [-0.05, 0) is 37.9 Å². The molecule has 1 fully saturated rings. The molecule has 0 amide bonds. The molecule has 22 heavy (non-hydrogen) atoms. The largest absolute Gasteiger partial charge is 0.374 e. The van der Waals surface area contributed by atoms with Crippen LogP contribution >= 0.6 is 0 Å². The van der Waals surface area contributed by atoms with Gasteiger partial charge in [0.2, 0.25) is 0 Å². The fourth-order valence-corrected chi connectivity index (χ4v) is 4.27. The molecule has 1 heterocycles. The molecule has 0 saturated carbocycles. The number of likely N-dealkylation sites (N-methyl/N-ethyl adjacent to an activating group) is 1. The van der Waals surface area contributed by atoms with Crippen molar-refractivity contribution < 1.29 is 5.11 Å². The van der Waals surface area contributed by atoms with Crippen LogP contribution in [0.25, 0.3) is 0 Å². The van der Waals surface area contributed by atoms with Crippen LogP contribution in [0, 0.1) is 0 Å². The lowest BCUT2D eigenvalue weighted by Crippen LogP contribution is -2.55. The van der Waals surface area contributed by atoms with Gasteiger partial charge in [-0.3, -0.25) is 4.90 Å². The van der Waals surface area contributed by atoms with Crippen LogP contribution in [-0.4, -0.2) is 28.8 Å². The van der Waals surface area contributed by atoms with Crippen molar-refractivity contribution in [2.45, 2.75) is 43.9 Å². The van der Waals surface area contributed by atoms with E-state index in [4.69, 9.17) is 0 Å². The third-order valence-corrected chi connectivity index (χ3v) is 5.56. The minimum Gasteiger partial charge on any atom is -0.374 e. The van der Waals surface area contributed by atoms with E-state index < -0.39 is 11.1 Å².